The Morgan fingerprint density at radius 3 is 2.56 bits per heavy atom. The number of esters is 2. The van der Waals surface area contributed by atoms with Crippen LogP contribution in [0, 0.1) is 0 Å². The molecular formula is C14H15BrN2O8. The van der Waals surface area contributed by atoms with Crippen LogP contribution in [0.2, 0.25) is 0 Å². The van der Waals surface area contributed by atoms with E-state index in [0.29, 0.717) is 0 Å². The number of nitrogens with zero attached hydrogens (tertiary/aromatic N) is 1. The number of methoxy groups -OCH3 is 1. The number of aromatic amines is 1. The molecule has 0 bridgehead atoms. The monoisotopic (exact) mass is 418 g/mol. The van der Waals surface area contributed by atoms with Crippen LogP contribution >= 0.6 is 15.9 Å². The maximum Gasteiger partial charge on any atom is 0.331 e. The zero-order valence-corrected chi connectivity index (χ0v) is 15.1. The lowest BCUT2D eigenvalue weighted by Gasteiger charge is -2.21. The molecule has 25 heavy (non-hydrogen) atoms. The van der Waals surface area contributed by atoms with Crippen LogP contribution in [0.1, 0.15) is 20.1 Å². The van der Waals surface area contributed by atoms with Gasteiger partial charge in [0.1, 0.15) is 0 Å². The molecule has 0 saturated carbocycles. The molecule has 0 spiro atoms. The molecule has 0 saturated heterocycles. The number of carbonyl (C=O) groups is 2. The average Bonchev–Trinajstić information content (AvgIpc) is 2.85. The molecule has 1 aliphatic rings. The Labute approximate surface area is 149 Å². The zero-order valence-electron chi connectivity index (χ0n) is 13.5. The highest BCUT2D eigenvalue weighted by Gasteiger charge is 2.42. The zero-order chi connectivity index (χ0) is 18.7. The fourth-order valence-electron chi connectivity index (χ4n) is 2.17. The summed E-state index contributed by atoms with van der Waals surface area (Å²) in [5, 5.41) is 0. The van der Waals surface area contributed by atoms with Gasteiger partial charge >= 0.3 is 17.6 Å². The number of aromatic nitrogens is 2. The minimum atomic E-state index is -1.08. The van der Waals surface area contributed by atoms with E-state index in [1.807, 2.05) is 0 Å². The van der Waals surface area contributed by atoms with E-state index in [1.54, 1.807) is 0 Å². The lowest BCUT2D eigenvalue weighted by Crippen LogP contribution is -2.37. The SMILES string of the molecule is COC1C(OC(C)=O)=C(COC(C)=O)O[C@H]1n1cc(Br)c(=O)[nH]c1=O. The molecule has 10 nitrogen and oxygen atoms in total. The van der Waals surface area contributed by atoms with E-state index in [9.17, 15) is 19.2 Å². The second-order valence-electron chi connectivity index (χ2n) is 4.97. The van der Waals surface area contributed by atoms with Crippen molar-refractivity contribution in [3.05, 3.63) is 43.0 Å². The van der Waals surface area contributed by atoms with E-state index in [0.717, 1.165) is 4.57 Å². The fourth-order valence-corrected chi connectivity index (χ4v) is 2.49. The van der Waals surface area contributed by atoms with E-state index >= 15 is 0 Å². The quantitative estimate of drug-likeness (QED) is 0.670. The van der Waals surface area contributed by atoms with Gasteiger partial charge in [0.15, 0.2) is 24.2 Å². The summed E-state index contributed by atoms with van der Waals surface area (Å²) >= 11 is 3.02. The first-order valence-corrected chi connectivity index (χ1v) is 7.79. The molecule has 2 heterocycles. The van der Waals surface area contributed by atoms with Crippen molar-refractivity contribution in [3.63, 3.8) is 0 Å². The van der Waals surface area contributed by atoms with Crippen molar-refractivity contribution < 1.29 is 28.5 Å². The van der Waals surface area contributed by atoms with Gasteiger partial charge in [-0.2, -0.15) is 0 Å². The normalized spacial score (nSPS) is 19.5. The van der Waals surface area contributed by atoms with Gasteiger partial charge in [-0.25, -0.2) is 4.79 Å². The molecule has 2 rings (SSSR count). The maximum absolute atomic E-state index is 12.1. The molecule has 1 aromatic heterocycles. The molecule has 0 aromatic carbocycles. The number of nitrogens with one attached hydrogen (secondary N) is 1. The smallest absolute Gasteiger partial charge is 0.331 e. The summed E-state index contributed by atoms with van der Waals surface area (Å²) in [6, 6.07) is 0. The third-order valence-corrected chi connectivity index (χ3v) is 3.73. The van der Waals surface area contributed by atoms with Gasteiger partial charge in [-0.1, -0.05) is 0 Å². The molecule has 0 aliphatic carbocycles. The fraction of sp³-hybridized carbons (Fsp3) is 0.429. The van der Waals surface area contributed by atoms with Crippen molar-refractivity contribution in [2.75, 3.05) is 13.7 Å². The highest BCUT2D eigenvalue weighted by molar-refractivity contribution is 9.10. The minimum absolute atomic E-state index is 0.0181. The van der Waals surface area contributed by atoms with E-state index in [-0.39, 0.29) is 22.6 Å². The van der Waals surface area contributed by atoms with Crippen molar-refractivity contribution in [2.45, 2.75) is 26.2 Å². The first-order valence-electron chi connectivity index (χ1n) is 6.99. The van der Waals surface area contributed by atoms with Crippen molar-refractivity contribution in [1.82, 2.24) is 9.55 Å². The summed E-state index contributed by atoms with van der Waals surface area (Å²) in [5.74, 6) is -1.21. The third kappa shape index (κ3) is 4.17. The van der Waals surface area contributed by atoms with E-state index in [1.165, 1.54) is 27.2 Å². The molecule has 0 amide bonds. The lowest BCUT2D eigenvalue weighted by molar-refractivity contribution is -0.141. The molecule has 0 radical (unpaired) electrons. The third-order valence-electron chi connectivity index (χ3n) is 3.17. The predicted octanol–water partition coefficient (Wildman–Crippen LogP) is 0.181. The van der Waals surface area contributed by atoms with Gasteiger partial charge in [-0.3, -0.25) is 23.9 Å². The average molecular weight is 419 g/mol. The largest absolute Gasteiger partial charge is 0.464 e. The van der Waals surface area contributed by atoms with Gasteiger partial charge in [0.05, 0.1) is 4.47 Å². The summed E-state index contributed by atoms with van der Waals surface area (Å²) in [4.78, 5) is 48.1. The van der Waals surface area contributed by atoms with Gasteiger partial charge in [0.25, 0.3) is 5.56 Å². The Balaban J connectivity index is 2.44. The molecule has 2 atom stereocenters. The van der Waals surface area contributed by atoms with Crippen LogP contribution in [0.4, 0.5) is 0 Å². The topological polar surface area (TPSA) is 126 Å². The number of ether oxygens (including phenoxy) is 4. The van der Waals surface area contributed by atoms with Crippen LogP contribution in [-0.4, -0.2) is 41.3 Å². The van der Waals surface area contributed by atoms with Crippen molar-refractivity contribution in [2.24, 2.45) is 0 Å². The number of rotatable bonds is 5. The van der Waals surface area contributed by atoms with Gasteiger partial charge in [-0.15, -0.1) is 0 Å². The van der Waals surface area contributed by atoms with Gasteiger partial charge in [0.2, 0.25) is 6.23 Å². The number of H-pyrrole nitrogens is 1. The van der Waals surface area contributed by atoms with Gasteiger partial charge < -0.3 is 18.9 Å². The summed E-state index contributed by atoms with van der Waals surface area (Å²) in [6.45, 7) is 2.07. The first-order chi connectivity index (χ1) is 11.7. The molecule has 136 valence electrons. The van der Waals surface area contributed by atoms with Crippen LogP contribution in [-0.2, 0) is 28.5 Å². The van der Waals surface area contributed by atoms with E-state index < -0.39 is 35.5 Å². The second kappa shape index (κ2) is 7.66. The molecule has 1 N–H and O–H groups in total. The van der Waals surface area contributed by atoms with Crippen LogP contribution in [0.5, 0.6) is 0 Å². The number of halogens is 1. The van der Waals surface area contributed by atoms with Crippen molar-refractivity contribution >= 4 is 27.9 Å². The Hall–Kier alpha value is -2.40. The Morgan fingerprint density at radius 2 is 2.00 bits per heavy atom. The maximum atomic E-state index is 12.1. The summed E-state index contributed by atoms with van der Waals surface area (Å²) in [7, 11) is 1.32. The number of hydrogen-bond acceptors (Lipinski definition) is 8. The van der Waals surface area contributed by atoms with Gasteiger partial charge in [0, 0.05) is 27.2 Å². The molecular weight excluding hydrogens is 404 g/mol. The number of hydrogen-bond donors (Lipinski definition) is 1. The summed E-state index contributed by atoms with van der Waals surface area (Å²) in [5.41, 5.74) is -1.36. The van der Waals surface area contributed by atoms with E-state index in [4.69, 9.17) is 18.9 Å². The minimum Gasteiger partial charge on any atom is -0.464 e. The van der Waals surface area contributed by atoms with Gasteiger partial charge in [-0.05, 0) is 15.9 Å². The first kappa shape index (κ1) is 18.9. The Kier molecular flexibility index (Phi) is 5.80. The van der Waals surface area contributed by atoms with Crippen LogP contribution in [0.3, 0.4) is 0 Å². The summed E-state index contributed by atoms with van der Waals surface area (Å²) < 4.78 is 22.0. The van der Waals surface area contributed by atoms with Crippen molar-refractivity contribution in [1.29, 1.82) is 0 Å². The standard InChI is InChI=1S/C14H15BrN2O8/c1-6(18)23-5-9-10(24-7(2)19)11(22-3)13(25-9)17-4-8(15)12(20)16-14(17)21/h4,11,13H,5H2,1-3H3,(H,16,20,21)/t11?,13-/m1/s1. The highest BCUT2D eigenvalue weighted by atomic mass is 79.9. The lowest BCUT2D eigenvalue weighted by atomic mass is 10.2. The molecule has 1 unspecified atom stereocenters. The second-order valence-corrected chi connectivity index (χ2v) is 5.82. The molecule has 1 aliphatic heterocycles. The highest BCUT2D eigenvalue weighted by Crippen LogP contribution is 2.35. The Morgan fingerprint density at radius 1 is 1.32 bits per heavy atom. The van der Waals surface area contributed by atoms with Crippen LogP contribution in [0.15, 0.2) is 31.8 Å². The number of carbonyl (C=O) groups excluding carboxylic acids is 2. The molecule has 0 fully saturated rings. The van der Waals surface area contributed by atoms with E-state index in [2.05, 4.69) is 20.9 Å². The Bertz CT molecular complexity index is 840. The summed E-state index contributed by atoms with van der Waals surface area (Å²) in [6.07, 6.45) is -0.839. The van der Waals surface area contributed by atoms with Crippen LogP contribution < -0.4 is 11.2 Å². The molecule has 1 aromatic rings. The molecule has 11 heteroatoms. The predicted molar refractivity (Wildman–Crippen MR) is 85.4 cm³/mol. The van der Waals surface area contributed by atoms with Crippen molar-refractivity contribution in [3.8, 4) is 0 Å². The van der Waals surface area contributed by atoms with Crippen LogP contribution in [0.25, 0.3) is 0 Å².